The minimum absolute atomic E-state index is 0.0210. The Kier molecular flexibility index (Phi) is 6.87. The number of benzene rings is 2. The van der Waals surface area contributed by atoms with Gasteiger partial charge in [0, 0.05) is 42.2 Å². The van der Waals surface area contributed by atoms with Crippen LogP contribution in [0.1, 0.15) is 18.4 Å². The Morgan fingerprint density at radius 1 is 1.24 bits per heavy atom. The van der Waals surface area contributed by atoms with Crippen LogP contribution < -0.4 is 10.1 Å². The molecule has 176 valence electrons. The van der Waals surface area contributed by atoms with Gasteiger partial charge in [-0.05, 0) is 43.2 Å². The van der Waals surface area contributed by atoms with Crippen molar-refractivity contribution in [1.29, 1.82) is 5.26 Å². The summed E-state index contributed by atoms with van der Waals surface area (Å²) >= 11 is 12.0. The SMILES string of the molecule is N#Cc1ccc(OCC2(CNC3CC(O)C3)CN(S(=O)(=O)c3ccc(Cl)cc3Cl)C2)cc1F. The van der Waals surface area contributed by atoms with Crippen molar-refractivity contribution in [2.45, 2.75) is 29.9 Å². The number of nitrogens with zero attached hydrogens (tertiary/aromatic N) is 2. The molecule has 0 unspecified atom stereocenters. The Labute approximate surface area is 201 Å². The monoisotopic (exact) mass is 513 g/mol. The molecule has 2 aromatic carbocycles. The zero-order valence-corrected chi connectivity index (χ0v) is 19.8. The summed E-state index contributed by atoms with van der Waals surface area (Å²) in [4.78, 5) is -0.0210. The fourth-order valence-electron chi connectivity index (χ4n) is 3.98. The Morgan fingerprint density at radius 3 is 2.58 bits per heavy atom. The highest BCUT2D eigenvalue weighted by Gasteiger charge is 2.50. The van der Waals surface area contributed by atoms with Gasteiger partial charge < -0.3 is 15.2 Å². The molecule has 0 aromatic heterocycles. The van der Waals surface area contributed by atoms with Gasteiger partial charge in [-0.25, -0.2) is 12.8 Å². The van der Waals surface area contributed by atoms with E-state index >= 15 is 0 Å². The molecule has 0 atom stereocenters. The van der Waals surface area contributed by atoms with E-state index in [1.54, 1.807) is 6.07 Å². The van der Waals surface area contributed by atoms with Gasteiger partial charge in [-0.15, -0.1) is 0 Å². The summed E-state index contributed by atoms with van der Waals surface area (Å²) in [6.45, 7) is 0.954. The number of rotatable bonds is 8. The second-order valence-electron chi connectivity index (χ2n) is 8.59. The summed E-state index contributed by atoms with van der Waals surface area (Å²) in [7, 11) is -3.83. The number of aliphatic hydroxyl groups excluding tert-OH is 1. The molecular formula is C22H22Cl2FN3O4S. The van der Waals surface area contributed by atoms with Crippen LogP contribution in [0.3, 0.4) is 0 Å². The van der Waals surface area contributed by atoms with E-state index in [0.29, 0.717) is 24.4 Å². The third-order valence-corrected chi connectivity index (χ3v) is 8.53. The number of hydrogen-bond donors (Lipinski definition) is 2. The van der Waals surface area contributed by atoms with Gasteiger partial charge in [0.15, 0.2) is 0 Å². The third kappa shape index (κ3) is 5.11. The number of aliphatic hydroxyl groups is 1. The first-order valence-corrected chi connectivity index (χ1v) is 12.5. The lowest BCUT2D eigenvalue weighted by Crippen LogP contribution is -2.65. The van der Waals surface area contributed by atoms with Crippen LogP contribution >= 0.6 is 23.2 Å². The molecule has 2 N–H and O–H groups in total. The molecule has 2 aromatic rings. The lowest BCUT2D eigenvalue weighted by molar-refractivity contribution is 0.00347. The van der Waals surface area contributed by atoms with E-state index in [9.17, 15) is 17.9 Å². The van der Waals surface area contributed by atoms with Crippen molar-refractivity contribution in [3.05, 3.63) is 57.8 Å². The van der Waals surface area contributed by atoms with Gasteiger partial charge in [0.1, 0.15) is 22.5 Å². The standard InChI is InChI=1S/C22H22Cl2FN3O4S/c23-15-2-4-21(19(24)5-15)33(30,31)28-11-22(12-28,10-27-16-6-17(29)7-16)13-32-18-3-1-14(9-26)20(25)8-18/h1-5,8,16-17,27,29H,6-7,10-13H2. The largest absolute Gasteiger partial charge is 0.493 e. The molecule has 1 saturated heterocycles. The summed E-state index contributed by atoms with van der Waals surface area (Å²) in [5.41, 5.74) is -0.639. The zero-order valence-electron chi connectivity index (χ0n) is 17.5. The van der Waals surface area contributed by atoms with Crippen LogP contribution in [0.15, 0.2) is 41.3 Å². The van der Waals surface area contributed by atoms with Crippen molar-refractivity contribution in [2.75, 3.05) is 26.2 Å². The fourth-order valence-corrected chi connectivity index (χ4v) is 6.39. The highest BCUT2D eigenvalue weighted by atomic mass is 35.5. The van der Waals surface area contributed by atoms with Gasteiger partial charge in [-0.3, -0.25) is 0 Å². The lowest BCUT2D eigenvalue weighted by atomic mass is 9.81. The van der Waals surface area contributed by atoms with Crippen LogP contribution in [-0.2, 0) is 10.0 Å². The Morgan fingerprint density at radius 2 is 1.97 bits per heavy atom. The molecule has 1 heterocycles. The molecule has 0 radical (unpaired) electrons. The summed E-state index contributed by atoms with van der Waals surface area (Å²) in [5, 5.41) is 22.2. The van der Waals surface area contributed by atoms with Crippen molar-refractivity contribution >= 4 is 33.2 Å². The first kappa shape index (κ1) is 24.2. The van der Waals surface area contributed by atoms with Crippen LogP contribution in [0.2, 0.25) is 10.0 Å². The van der Waals surface area contributed by atoms with Gasteiger partial charge >= 0.3 is 0 Å². The van der Waals surface area contributed by atoms with Crippen molar-refractivity contribution < 1.29 is 22.7 Å². The number of nitrogens with one attached hydrogen (secondary N) is 1. The van der Waals surface area contributed by atoms with Gasteiger partial charge in [0.05, 0.1) is 23.3 Å². The third-order valence-electron chi connectivity index (χ3n) is 6.02. The smallest absolute Gasteiger partial charge is 0.244 e. The molecule has 2 aliphatic rings. The van der Waals surface area contributed by atoms with Gasteiger partial charge in [-0.2, -0.15) is 9.57 Å². The minimum atomic E-state index is -3.83. The van der Waals surface area contributed by atoms with E-state index in [4.69, 9.17) is 33.2 Å². The quantitative estimate of drug-likeness (QED) is 0.561. The summed E-state index contributed by atoms with van der Waals surface area (Å²) in [6, 6.07) is 10.1. The molecule has 0 spiro atoms. The lowest BCUT2D eigenvalue weighted by Gasteiger charge is -2.50. The van der Waals surface area contributed by atoms with Gasteiger partial charge in [-0.1, -0.05) is 23.2 Å². The van der Waals surface area contributed by atoms with E-state index in [-0.39, 0.29) is 53.1 Å². The number of sulfonamides is 1. The van der Waals surface area contributed by atoms with E-state index in [1.165, 1.54) is 34.6 Å². The number of halogens is 3. The summed E-state index contributed by atoms with van der Waals surface area (Å²) < 4.78 is 47.2. The Bertz CT molecular complexity index is 1190. The highest BCUT2D eigenvalue weighted by Crippen LogP contribution is 2.38. The maximum absolute atomic E-state index is 13.9. The van der Waals surface area contributed by atoms with Crippen molar-refractivity contribution in [3.63, 3.8) is 0 Å². The van der Waals surface area contributed by atoms with Gasteiger partial charge in [0.25, 0.3) is 0 Å². The second-order valence-corrected chi connectivity index (χ2v) is 11.3. The number of hydrogen-bond acceptors (Lipinski definition) is 6. The van der Waals surface area contributed by atoms with Crippen molar-refractivity contribution in [1.82, 2.24) is 9.62 Å². The topological polar surface area (TPSA) is 103 Å². The fraction of sp³-hybridized carbons (Fsp3) is 0.409. The van der Waals surface area contributed by atoms with E-state index in [2.05, 4.69) is 5.32 Å². The number of ether oxygens (including phenoxy) is 1. The molecule has 11 heteroatoms. The van der Waals surface area contributed by atoms with Crippen LogP contribution in [-0.4, -0.2) is 56.2 Å². The van der Waals surface area contributed by atoms with Crippen molar-refractivity contribution in [3.8, 4) is 11.8 Å². The predicted octanol–water partition coefficient (Wildman–Crippen LogP) is 3.19. The molecular weight excluding hydrogens is 492 g/mol. The van der Waals surface area contributed by atoms with Gasteiger partial charge in [0.2, 0.25) is 10.0 Å². The molecule has 7 nitrogen and oxygen atoms in total. The molecule has 2 fully saturated rings. The normalized spacial score (nSPS) is 22.2. The molecule has 33 heavy (non-hydrogen) atoms. The molecule has 0 bridgehead atoms. The summed E-state index contributed by atoms with van der Waals surface area (Å²) in [5.74, 6) is -0.423. The first-order valence-electron chi connectivity index (χ1n) is 10.3. The molecule has 1 aliphatic carbocycles. The summed E-state index contributed by atoms with van der Waals surface area (Å²) in [6.07, 6.45) is 0.960. The molecule has 0 amide bonds. The predicted molar refractivity (Wildman–Crippen MR) is 121 cm³/mol. The average molecular weight is 514 g/mol. The van der Waals surface area contributed by atoms with E-state index in [1.807, 2.05) is 0 Å². The zero-order chi connectivity index (χ0) is 23.8. The first-order chi connectivity index (χ1) is 15.6. The average Bonchev–Trinajstić information content (AvgIpc) is 2.70. The Balaban J connectivity index is 1.48. The van der Waals surface area contributed by atoms with Crippen molar-refractivity contribution in [2.24, 2.45) is 5.41 Å². The number of nitriles is 1. The molecule has 1 aliphatic heterocycles. The minimum Gasteiger partial charge on any atom is -0.493 e. The van der Waals surface area contributed by atoms with E-state index < -0.39 is 21.3 Å². The maximum Gasteiger partial charge on any atom is 0.244 e. The van der Waals surface area contributed by atoms with E-state index in [0.717, 1.165) is 6.07 Å². The van der Waals surface area contributed by atoms with Crippen LogP contribution in [0.4, 0.5) is 4.39 Å². The van der Waals surface area contributed by atoms with Crippen LogP contribution in [0, 0.1) is 22.6 Å². The second kappa shape index (κ2) is 9.37. The maximum atomic E-state index is 13.9. The Hall–Kier alpha value is -1.93. The van der Waals surface area contributed by atoms with Crippen LogP contribution in [0.25, 0.3) is 0 Å². The highest BCUT2D eigenvalue weighted by molar-refractivity contribution is 7.89. The molecule has 4 rings (SSSR count). The van der Waals surface area contributed by atoms with Crippen LogP contribution in [0.5, 0.6) is 5.75 Å². The molecule has 1 saturated carbocycles.